The van der Waals surface area contributed by atoms with Crippen molar-refractivity contribution in [3.8, 4) is 0 Å². The van der Waals surface area contributed by atoms with Gasteiger partial charge in [0.05, 0.1) is 5.56 Å². The molecule has 0 aliphatic heterocycles. The van der Waals surface area contributed by atoms with Crippen molar-refractivity contribution in [3.63, 3.8) is 0 Å². The number of amides is 1. The second-order valence-electron chi connectivity index (χ2n) is 5.18. The van der Waals surface area contributed by atoms with Crippen molar-refractivity contribution in [1.82, 2.24) is 4.57 Å². The quantitative estimate of drug-likeness (QED) is 0.772. The number of aryl methyl sites for hydroxylation is 2. The number of nitrogens with zero attached hydrogens (tertiary/aromatic N) is 1. The second kappa shape index (κ2) is 5.44. The maximum Gasteiger partial charge on any atom is 0.257 e. The predicted molar refractivity (Wildman–Crippen MR) is 86.7 cm³/mol. The Hall–Kier alpha value is -2.55. The number of benzene rings is 2. The minimum absolute atomic E-state index is 0.0694. The highest BCUT2D eigenvalue weighted by atomic mass is 16.1. The van der Waals surface area contributed by atoms with E-state index in [1.165, 1.54) is 5.56 Å². The van der Waals surface area contributed by atoms with Crippen molar-refractivity contribution in [2.24, 2.45) is 7.05 Å². The van der Waals surface area contributed by atoms with E-state index in [2.05, 4.69) is 18.3 Å². The zero-order valence-electron chi connectivity index (χ0n) is 12.3. The molecule has 0 spiro atoms. The van der Waals surface area contributed by atoms with E-state index < -0.39 is 0 Å². The summed E-state index contributed by atoms with van der Waals surface area (Å²) in [6, 6.07) is 15.9. The van der Waals surface area contributed by atoms with Gasteiger partial charge in [-0.2, -0.15) is 0 Å². The molecule has 1 aromatic heterocycles. The maximum absolute atomic E-state index is 12.5. The van der Waals surface area contributed by atoms with Gasteiger partial charge in [-0.3, -0.25) is 4.79 Å². The lowest BCUT2D eigenvalue weighted by atomic mass is 10.1. The highest BCUT2D eigenvalue weighted by Gasteiger charge is 2.13. The SMILES string of the molecule is CCc1cccc(NC(=O)c2cn(C)c3ccccc23)c1. The Morgan fingerprint density at radius 2 is 1.95 bits per heavy atom. The molecule has 106 valence electrons. The van der Waals surface area contributed by atoms with Crippen LogP contribution in [0.5, 0.6) is 0 Å². The van der Waals surface area contributed by atoms with Gasteiger partial charge in [0, 0.05) is 29.8 Å². The van der Waals surface area contributed by atoms with Crippen LogP contribution in [0.4, 0.5) is 5.69 Å². The topological polar surface area (TPSA) is 34.0 Å². The fourth-order valence-corrected chi connectivity index (χ4v) is 2.59. The number of nitrogens with one attached hydrogen (secondary N) is 1. The number of anilines is 1. The van der Waals surface area contributed by atoms with Gasteiger partial charge < -0.3 is 9.88 Å². The van der Waals surface area contributed by atoms with E-state index in [0.717, 1.165) is 23.0 Å². The third-order valence-electron chi connectivity index (χ3n) is 3.73. The van der Waals surface area contributed by atoms with Crippen LogP contribution in [0.3, 0.4) is 0 Å². The molecule has 3 aromatic rings. The Balaban J connectivity index is 1.94. The van der Waals surface area contributed by atoms with E-state index in [1.54, 1.807) is 0 Å². The van der Waals surface area contributed by atoms with Crippen LogP contribution in [-0.2, 0) is 13.5 Å². The maximum atomic E-state index is 12.5. The van der Waals surface area contributed by atoms with E-state index in [0.29, 0.717) is 5.56 Å². The summed E-state index contributed by atoms with van der Waals surface area (Å²) in [5, 5.41) is 3.96. The summed E-state index contributed by atoms with van der Waals surface area (Å²) in [6.45, 7) is 2.10. The van der Waals surface area contributed by atoms with E-state index in [1.807, 2.05) is 60.3 Å². The Morgan fingerprint density at radius 3 is 2.76 bits per heavy atom. The lowest BCUT2D eigenvalue weighted by Gasteiger charge is -2.06. The summed E-state index contributed by atoms with van der Waals surface area (Å²) in [7, 11) is 1.96. The summed E-state index contributed by atoms with van der Waals surface area (Å²) >= 11 is 0. The van der Waals surface area contributed by atoms with Gasteiger partial charge in [0.15, 0.2) is 0 Å². The molecular formula is C18H18N2O. The second-order valence-corrected chi connectivity index (χ2v) is 5.18. The van der Waals surface area contributed by atoms with Gasteiger partial charge in [0.25, 0.3) is 5.91 Å². The molecule has 0 saturated carbocycles. The summed E-state index contributed by atoms with van der Waals surface area (Å²) in [5.74, 6) is -0.0694. The van der Waals surface area contributed by atoms with Gasteiger partial charge in [-0.25, -0.2) is 0 Å². The Bertz CT molecular complexity index is 802. The van der Waals surface area contributed by atoms with Gasteiger partial charge >= 0.3 is 0 Å². The number of fused-ring (bicyclic) bond motifs is 1. The monoisotopic (exact) mass is 278 g/mol. The number of para-hydroxylation sites is 1. The number of aromatic nitrogens is 1. The molecule has 1 N–H and O–H groups in total. The zero-order chi connectivity index (χ0) is 14.8. The van der Waals surface area contributed by atoms with Gasteiger partial charge in [0.1, 0.15) is 0 Å². The van der Waals surface area contributed by atoms with Gasteiger partial charge in [-0.05, 0) is 30.2 Å². The van der Waals surface area contributed by atoms with Gasteiger partial charge in [0.2, 0.25) is 0 Å². The van der Waals surface area contributed by atoms with Crippen molar-refractivity contribution < 1.29 is 4.79 Å². The fraction of sp³-hybridized carbons (Fsp3) is 0.167. The third-order valence-corrected chi connectivity index (χ3v) is 3.73. The standard InChI is InChI=1S/C18H18N2O/c1-3-13-7-6-8-14(11-13)19-18(21)16-12-20(2)17-10-5-4-9-15(16)17/h4-12H,3H2,1-2H3,(H,19,21). The van der Waals surface area contributed by atoms with Crippen LogP contribution in [0, 0.1) is 0 Å². The molecular weight excluding hydrogens is 260 g/mol. The third kappa shape index (κ3) is 2.55. The van der Waals surface area contributed by atoms with Crippen molar-refractivity contribution in [2.75, 3.05) is 5.32 Å². The zero-order valence-corrected chi connectivity index (χ0v) is 12.3. The number of carbonyl (C=O) groups is 1. The van der Waals surface area contributed by atoms with Crippen LogP contribution >= 0.6 is 0 Å². The Kier molecular flexibility index (Phi) is 3.48. The van der Waals surface area contributed by atoms with Gasteiger partial charge in [-0.1, -0.05) is 37.3 Å². The van der Waals surface area contributed by atoms with Crippen molar-refractivity contribution >= 4 is 22.5 Å². The smallest absolute Gasteiger partial charge is 0.257 e. The summed E-state index contributed by atoms with van der Waals surface area (Å²) in [6.07, 6.45) is 2.83. The number of hydrogen-bond donors (Lipinski definition) is 1. The van der Waals surface area contributed by atoms with Crippen LogP contribution in [0.2, 0.25) is 0 Å². The van der Waals surface area contributed by atoms with E-state index in [9.17, 15) is 4.79 Å². The highest BCUT2D eigenvalue weighted by Crippen LogP contribution is 2.21. The van der Waals surface area contributed by atoms with Crippen LogP contribution in [-0.4, -0.2) is 10.5 Å². The van der Waals surface area contributed by atoms with E-state index in [4.69, 9.17) is 0 Å². The first-order valence-electron chi connectivity index (χ1n) is 7.13. The first-order chi connectivity index (χ1) is 10.2. The molecule has 2 aromatic carbocycles. The molecule has 0 saturated heterocycles. The molecule has 0 aliphatic rings. The number of carbonyl (C=O) groups excluding carboxylic acids is 1. The first-order valence-corrected chi connectivity index (χ1v) is 7.13. The molecule has 3 rings (SSSR count). The highest BCUT2D eigenvalue weighted by molar-refractivity contribution is 6.12. The molecule has 0 unspecified atom stereocenters. The Morgan fingerprint density at radius 1 is 1.14 bits per heavy atom. The van der Waals surface area contributed by atoms with Crippen LogP contribution in [0.15, 0.2) is 54.7 Å². The molecule has 3 nitrogen and oxygen atoms in total. The number of rotatable bonds is 3. The lowest BCUT2D eigenvalue weighted by Crippen LogP contribution is -2.11. The molecule has 0 aliphatic carbocycles. The number of hydrogen-bond acceptors (Lipinski definition) is 1. The predicted octanol–water partition coefficient (Wildman–Crippen LogP) is 3.99. The average molecular weight is 278 g/mol. The molecule has 1 amide bonds. The minimum atomic E-state index is -0.0694. The molecule has 1 heterocycles. The summed E-state index contributed by atoms with van der Waals surface area (Å²) < 4.78 is 1.98. The molecule has 0 atom stereocenters. The molecule has 21 heavy (non-hydrogen) atoms. The van der Waals surface area contributed by atoms with Crippen LogP contribution in [0.25, 0.3) is 10.9 Å². The normalized spacial score (nSPS) is 10.8. The summed E-state index contributed by atoms with van der Waals surface area (Å²) in [4.78, 5) is 12.5. The first kappa shape index (κ1) is 13.4. The average Bonchev–Trinajstić information content (AvgIpc) is 2.85. The van der Waals surface area contributed by atoms with Crippen LogP contribution in [0.1, 0.15) is 22.8 Å². The molecule has 0 bridgehead atoms. The van der Waals surface area contributed by atoms with E-state index in [-0.39, 0.29) is 5.91 Å². The Labute approximate surface area is 124 Å². The summed E-state index contributed by atoms with van der Waals surface area (Å²) in [5.41, 5.74) is 3.82. The molecule has 0 radical (unpaired) electrons. The largest absolute Gasteiger partial charge is 0.350 e. The minimum Gasteiger partial charge on any atom is -0.350 e. The lowest BCUT2D eigenvalue weighted by molar-refractivity contribution is 0.102. The molecule has 0 fully saturated rings. The van der Waals surface area contributed by atoms with Crippen molar-refractivity contribution in [3.05, 3.63) is 65.9 Å². The molecule has 3 heteroatoms. The van der Waals surface area contributed by atoms with Crippen LogP contribution < -0.4 is 5.32 Å². The van der Waals surface area contributed by atoms with E-state index >= 15 is 0 Å². The van der Waals surface area contributed by atoms with Crippen molar-refractivity contribution in [2.45, 2.75) is 13.3 Å². The van der Waals surface area contributed by atoms with Crippen molar-refractivity contribution in [1.29, 1.82) is 0 Å². The van der Waals surface area contributed by atoms with Gasteiger partial charge in [-0.15, -0.1) is 0 Å². The fourth-order valence-electron chi connectivity index (χ4n) is 2.59.